The Morgan fingerprint density at radius 1 is 1.47 bits per heavy atom. The number of hydrogen-bond acceptors (Lipinski definition) is 5. The quantitative estimate of drug-likeness (QED) is 0.892. The van der Waals surface area contributed by atoms with Crippen LogP contribution in [-0.4, -0.2) is 16.1 Å². The molecule has 0 saturated carbocycles. The third-order valence-electron chi connectivity index (χ3n) is 2.15. The lowest BCUT2D eigenvalue weighted by Crippen LogP contribution is -2.12. The fourth-order valence-corrected chi connectivity index (χ4v) is 2.12. The first-order valence-corrected chi connectivity index (χ1v) is 6.34. The third-order valence-corrected chi connectivity index (χ3v) is 3.76. The molecule has 17 heavy (non-hydrogen) atoms. The number of rotatable bonds is 2. The van der Waals surface area contributed by atoms with Gasteiger partial charge in [-0.3, -0.25) is 4.79 Å². The number of nitrogens with two attached hydrogens (primary N) is 1. The summed E-state index contributed by atoms with van der Waals surface area (Å²) < 4.78 is 0.937. The predicted molar refractivity (Wildman–Crippen MR) is 71.2 cm³/mol. The number of amides is 1. The fourth-order valence-electron chi connectivity index (χ4n) is 1.24. The summed E-state index contributed by atoms with van der Waals surface area (Å²) in [5.74, 6) is -0.305. The number of halogens is 1. The van der Waals surface area contributed by atoms with Crippen LogP contribution in [0.4, 0.5) is 10.8 Å². The summed E-state index contributed by atoms with van der Waals surface area (Å²) in [5, 5.41) is 10.6. The molecule has 0 saturated heterocycles. The van der Waals surface area contributed by atoms with Crippen molar-refractivity contribution in [2.75, 3.05) is 11.1 Å². The lowest BCUT2D eigenvalue weighted by Gasteiger charge is -2.07. The minimum Gasteiger partial charge on any atom is -0.374 e. The summed E-state index contributed by atoms with van der Waals surface area (Å²) in [5.41, 5.74) is 7.11. The van der Waals surface area contributed by atoms with Gasteiger partial charge in [-0.05, 0) is 24.6 Å². The third kappa shape index (κ3) is 2.62. The van der Waals surface area contributed by atoms with E-state index in [0.29, 0.717) is 0 Å². The van der Waals surface area contributed by atoms with E-state index < -0.39 is 0 Å². The molecular weight excluding hydrogens is 304 g/mol. The maximum atomic E-state index is 11.8. The Balaban J connectivity index is 2.21. The number of aromatic nitrogens is 2. The lowest BCUT2D eigenvalue weighted by atomic mass is 10.2. The topological polar surface area (TPSA) is 80.9 Å². The molecule has 0 bridgehead atoms. The molecule has 5 nitrogen and oxygen atoms in total. The van der Waals surface area contributed by atoms with E-state index in [-0.39, 0.29) is 16.0 Å². The second-order valence-electron chi connectivity index (χ2n) is 3.31. The van der Waals surface area contributed by atoms with Gasteiger partial charge in [-0.15, -0.1) is 10.2 Å². The number of carbonyl (C=O) groups excluding carboxylic acids is 1. The molecular formula is C10H9BrN4OS. The van der Waals surface area contributed by atoms with Crippen molar-refractivity contribution < 1.29 is 4.79 Å². The average molecular weight is 313 g/mol. The number of nitrogen functional groups attached to an aromatic ring is 1. The molecule has 2 aromatic rings. The Labute approximate surface area is 110 Å². The molecule has 1 heterocycles. The Morgan fingerprint density at radius 2 is 2.24 bits per heavy atom. The van der Waals surface area contributed by atoms with E-state index in [9.17, 15) is 4.79 Å². The number of nitrogens with one attached hydrogen (secondary N) is 1. The summed E-state index contributed by atoms with van der Waals surface area (Å²) in [6, 6.07) is 5.58. The Kier molecular flexibility index (Phi) is 3.39. The van der Waals surface area contributed by atoms with E-state index in [1.54, 1.807) is 0 Å². The molecule has 1 aromatic carbocycles. The molecule has 1 amide bonds. The molecule has 0 aliphatic carbocycles. The zero-order chi connectivity index (χ0) is 12.4. The van der Waals surface area contributed by atoms with Crippen molar-refractivity contribution in [3.63, 3.8) is 0 Å². The van der Waals surface area contributed by atoms with Crippen molar-refractivity contribution in [1.29, 1.82) is 0 Å². The molecule has 0 fully saturated rings. The van der Waals surface area contributed by atoms with Crippen molar-refractivity contribution in [2.45, 2.75) is 6.92 Å². The van der Waals surface area contributed by atoms with Crippen molar-refractivity contribution in [3.05, 3.63) is 33.2 Å². The van der Waals surface area contributed by atoms with Gasteiger partial charge in [-0.25, -0.2) is 0 Å². The molecule has 1 aromatic heterocycles. The van der Waals surface area contributed by atoms with Crippen LogP contribution in [0, 0.1) is 6.92 Å². The van der Waals surface area contributed by atoms with E-state index in [1.807, 2.05) is 25.1 Å². The van der Waals surface area contributed by atoms with Crippen molar-refractivity contribution in [3.8, 4) is 0 Å². The smallest absolute Gasteiger partial charge is 0.286 e. The fraction of sp³-hybridized carbons (Fsp3) is 0.100. The summed E-state index contributed by atoms with van der Waals surface area (Å²) >= 11 is 4.46. The van der Waals surface area contributed by atoms with Crippen LogP contribution in [0.1, 0.15) is 15.4 Å². The van der Waals surface area contributed by atoms with Gasteiger partial charge in [0.05, 0.1) is 0 Å². The SMILES string of the molecule is Cc1c(Br)cccc1NC(=O)c1nnc(N)s1. The van der Waals surface area contributed by atoms with Crippen molar-refractivity contribution in [2.24, 2.45) is 0 Å². The summed E-state index contributed by atoms with van der Waals surface area (Å²) in [6.07, 6.45) is 0. The van der Waals surface area contributed by atoms with E-state index >= 15 is 0 Å². The molecule has 2 rings (SSSR count). The zero-order valence-corrected chi connectivity index (χ0v) is 11.3. The van der Waals surface area contributed by atoms with Gasteiger partial charge in [0.15, 0.2) is 0 Å². The number of nitrogens with zero attached hydrogens (tertiary/aromatic N) is 2. The first-order valence-electron chi connectivity index (χ1n) is 4.73. The van der Waals surface area contributed by atoms with Gasteiger partial charge >= 0.3 is 0 Å². The number of anilines is 2. The lowest BCUT2D eigenvalue weighted by molar-refractivity contribution is 0.102. The summed E-state index contributed by atoms with van der Waals surface area (Å²) in [7, 11) is 0. The zero-order valence-electron chi connectivity index (χ0n) is 8.90. The summed E-state index contributed by atoms with van der Waals surface area (Å²) in [6.45, 7) is 1.91. The molecule has 0 aliphatic heterocycles. The van der Waals surface area contributed by atoms with Crippen LogP contribution >= 0.6 is 27.3 Å². The number of carbonyl (C=O) groups is 1. The first kappa shape index (κ1) is 12.0. The molecule has 88 valence electrons. The van der Waals surface area contributed by atoms with Gasteiger partial charge in [0.25, 0.3) is 5.91 Å². The van der Waals surface area contributed by atoms with Crippen molar-refractivity contribution >= 4 is 44.0 Å². The highest BCUT2D eigenvalue weighted by Crippen LogP contribution is 2.24. The number of benzene rings is 1. The largest absolute Gasteiger partial charge is 0.374 e. The van der Waals surface area contributed by atoms with E-state index in [4.69, 9.17) is 5.73 Å². The molecule has 0 spiro atoms. The Hall–Kier alpha value is -1.47. The van der Waals surface area contributed by atoms with E-state index in [2.05, 4.69) is 31.4 Å². The second-order valence-corrected chi connectivity index (χ2v) is 5.18. The predicted octanol–water partition coefficient (Wildman–Crippen LogP) is 2.44. The second kappa shape index (κ2) is 4.80. The van der Waals surface area contributed by atoms with Crippen LogP contribution < -0.4 is 11.1 Å². The van der Waals surface area contributed by atoms with Crippen LogP contribution in [0.2, 0.25) is 0 Å². The van der Waals surface area contributed by atoms with E-state index in [0.717, 1.165) is 27.1 Å². The van der Waals surface area contributed by atoms with Gasteiger partial charge in [0.1, 0.15) is 0 Å². The average Bonchev–Trinajstić information content (AvgIpc) is 2.72. The minimum absolute atomic E-state index is 0.252. The highest BCUT2D eigenvalue weighted by atomic mass is 79.9. The Bertz CT molecular complexity index is 569. The van der Waals surface area contributed by atoms with Crippen LogP contribution in [0.3, 0.4) is 0 Å². The maximum absolute atomic E-state index is 11.8. The first-order chi connectivity index (χ1) is 8.08. The highest BCUT2D eigenvalue weighted by Gasteiger charge is 2.13. The van der Waals surface area contributed by atoms with Crippen LogP contribution in [-0.2, 0) is 0 Å². The minimum atomic E-state index is -0.305. The molecule has 0 radical (unpaired) electrons. The highest BCUT2D eigenvalue weighted by molar-refractivity contribution is 9.10. The van der Waals surface area contributed by atoms with Crippen LogP contribution in [0.5, 0.6) is 0 Å². The summed E-state index contributed by atoms with van der Waals surface area (Å²) in [4.78, 5) is 11.8. The number of hydrogen-bond donors (Lipinski definition) is 2. The monoisotopic (exact) mass is 312 g/mol. The van der Waals surface area contributed by atoms with Crippen LogP contribution in [0.15, 0.2) is 22.7 Å². The molecule has 0 unspecified atom stereocenters. The molecule has 0 atom stereocenters. The normalized spacial score (nSPS) is 10.2. The van der Waals surface area contributed by atoms with Gasteiger partial charge in [0, 0.05) is 10.2 Å². The Morgan fingerprint density at radius 3 is 2.88 bits per heavy atom. The molecule has 7 heteroatoms. The maximum Gasteiger partial charge on any atom is 0.286 e. The van der Waals surface area contributed by atoms with Gasteiger partial charge in [-0.2, -0.15) is 0 Å². The van der Waals surface area contributed by atoms with Gasteiger partial charge in [0.2, 0.25) is 10.1 Å². The van der Waals surface area contributed by atoms with Crippen molar-refractivity contribution in [1.82, 2.24) is 10.2 Å². The molecule has 0 aliphatic rings. The van der Waals surface area contributed by atoms with Gasteiger partial charge in [-0.1, -0.05) is 33.3 Å². The van der Waals surface area contributed by atoms with Gasteiger partial charge < -0.3 is 11.1 Å². The van der Waals surface area contributed by atoms with Crippen LogP contribution in [0.25, 0.3) is 0 Å². The standard InChI is InChI=1S/C10H9BrN4OS/c1-5-6(11)3-2-4-7(5)13-8(16)9-14-15-10(12)17-9/h2-4H,1H3,(H2,12,15)(H,13,16). The molecule has 3 N–H and O–H groups in total. The van der Waals surface area contributed by atoms with E-state index in [1.165, 1.54) is 0 Å².